The van der Waals surface area contributed by atoms with Gasteiger partial charge in [-0.05, 0) is 35.3 Å². The monoisotopic (exact) mass is 322 g/mol. The summed E-state index contributed by atoms with van der Waals surface area (Å²) in [6, 6.07) is 15.1. The third kappa shape index (κ3) is 3.33. The molecule has 0 radical (unpaired) electrons. The van der Waals surface area contributed by atoms with Crippen LogP contribution in [0, 0.1) is 0 Å². The highest BCUT2D eigenvalue weighted by Crippen LogP contribution is 2.37. The Hall–Kier alpha value is -2.22. The van der Waals surface area contributed by atoms with Gasteiger partial charge in [0.05, 0.1) is 7.11 Å². The normalized spacial score (nSPS) is 15.9. The lowest BCUT2D eigenvalue weighted by atomic mass is 9.87. The summed E-state index contributed by atoms with van der Waals surface area (Å²) in [6.07, 6.45) is 6.42. The van der Waals surface area contributed by atoms with Crippen LogP contribution >= 0.6 is 0 Å². The maximum absolute atomic E-state index is 6.02. The minimum absolute atomic E-state index is 0.259. The van der Waals surface area contributed by atoms with Gasteiger partial charge in [-0.3, -0.25) is 0 Å². The van der Waals surface area contributed by atoms with E-state index in [9.17, 15) is 0 Å². The van der Waals surface area contributed by atoms with Gasteiger partial charge in [-0.25, -0.2) is 0 Å². The van der Waals surface area contributed by atoms with Crippen LogP contribution in [0.3, 0.4) is 0 Å². The largest absolute Gasteiger partial charge is 0.468 e. The van der Waals surface area contributed by atoms with Crippen LogP contribution < -0.4 is 0 Å². The maximum atomic E-state index is 6.02. The third-order valence-corrected chi connectivity index (χ3v) is 4.81. The predicted molar refractivity (Wildman–Crippen MR) is 99.7 cm³/mol. The lowest BCUT2D eigenvalue weighted by Crippen LogP contribution is -2.11. The second-order valence-corrected chi connectivity index (χ2v) is 6.39. The van der Waals surface area contributed by atoms with Crippen molar-refractivity contribution in [2.45, 2.75) is 45.4 Å². The third-order valence-electron chi connectivity index (χ3n) is 4.81. The number of unbranched alkanes of at least 4 members (excludes halogenated alkanes) is 1. The molecule has 3 rings (SSSR count). The zero-order valence-electron chi connectivity index (χ0n) is 14.8. The summed E-state index contributed by atoms with van der Waals surface area (Å²) in [5, 5.41) is 2.58. The average Bonchev–Trinajstić information content (AvgIpc) is 2.65. The van der Waals surface area contributed by atoms with Gasteiger partial charge in [0.1, 0.15) is 5.76 Å². The van der Waals surface area contributed by atoms with E-state index in [1.807, 2.05) is 0 Å². The Labute approximate surface area is 144 Å². The molecule has 126 valence electrons. The lowest BCUT2D eigenvalue weighted by molar-refractivity contribution is 0.0870. The first-order valence-electron chi connectivity index (χ1n) is 8.86. The average molecular weight is 322 g/mol. The van der Waals surface area contributed by atoms with Crippen molar-refractivity contribution in [1.82, 2.24) is 0 Å². The van der Waals surface area contributed by atoms with Crippen molar-refractivity contribution in [2.24, 2.45) is 0 Å². The van der Waals surface area contributed by atoms with Crippen LogP contribution in [0.25, 0.3) is 10.8 Å². The summed E-state index contributed by atoms with van der Waals surface area (Å²) in [5.74, 6) is 1.99. The van der Waals surface area contributed by atoms with E-state index < -0.39 is 0 Å². The van der Waals surface area contributed by atoms with Gasteiger partial charge in [-0.15, -0.1) is 0 Å². The van der Waals surface area contributed by atoms with E-state index in [1.165, 1.54) is 28.3 Å². The van der Waals surface area contributed by atoms with Crippen molar-refractivity contribution < 1.29 is 9.47 Å². The molecule has 0 aromatic heterocycles. The molecule has 0 bridgehead atoms. The van der Waals surface area contributed by atoms with Gasteiger partial charge in [-0.2, -0.15) is 0 Å². The molecule has 24 heavy (non-hydrogen) atoms. The quantitative estimate of drug-likeness (QED) is 0.621. The van der Waals surface area contributed by atoms with E-state index in [2.05, 4.69) is 62.4 Å². The molecular weight excluding hydrogens is 296 g/mol. The highest BCUT2D eigenvalue weighted by Gasteiger charge is 2.23. The Morgan fingerprint density at radius 3 is 2.71 bits per heavy atom. The zero-order valence-corrected chi connectivity index (χ0v) is 14.8. The molecule has 0 amide bonds. The van der Waals surface area contributed by atoms with E-state index in [4.69, 9.17) is 9.47 Å². The molecule has 0 saturated carbocycles. The standard InChI is InChI=1S/C22H26O2/c1-4-5-11-18-14-15-20(22(23-3)24-18)16(2)19-13-8-10-17-9-6-7-12-21(17)19/h6-10,12-14,16H,4-5,11,15H2,1-3H3. The van der Waals surface area contributed by atoms with Crippen molar-refractivity contribution >= 4 is 10.8 Å². The van der Waals surface area contributed by atoms with E-state index in [-0.39, 0.29) is 5.92 Å². The molecule has 1 aliphatic heterocycles. The van der Waals surface area contributed by atoms with Gasteiger partial charge in [0, 0.05) is 17.9 Å². The fraction of sp³-hybridized carbons (Fsp3) is 0.364. The van der Waals surface area contributed by atoms with Crippen LogP contribution in [-0.4, -0.2) is 7.11 Å². The number of hydrogen-bond donors (Lipinski definition) is 0. The topological polar surface area (TPSA) is 18.5 Å². The molecule has 0 fully saturated rings. The number of allylic oxidation sites excluding steroid dienone is 3. The van der Waals surface area contributed by atoms with Gasteiger partial charge in [-0.1, -0.05) is 62.7 Å². The second kappa shape index (κ2) is 7.57. The lowest BCUT2D eigenvalue weighted by Gasteiger charge is -2.25. The van der Waals surface area contributed by atoms with E-state index in [1.54, 1.807) is 7.11 Å². The maximum Gasteiger partial charge on any atom is 0.284 e. The Morgan fingerprint density at radius 2 is 1.92 bits per heavy atom. The van der Waals surface area contributed by atoms with Crippen LogP contribution in [0.2, 0.25) is 0 Å². The molecule has 1 unspecified atom stereocenters. The van der Waals surface area contributed by atoms with E-state index in [0.717, 1.165) is 25.0 Å². The summed E-state index contributed by atoms with van der Waals surface area (Å²) in [5.41, 5.74) is 2.54. The van der Waals surface area contributed by atoms with Gasteiger partial charge in [0.25, 0.3) is 5.95 Å². The van der Waals surface area contributed by atoms with Crippen molar-refractivity contribution in [3.8, 4) is 0 Å². The first-order valence-corrected chi connectivity index (χ1v) is 8.86. The van der Waals surface area contributed by atoms with E-state index in [0.29, 0.717) is 5.95 Å². The molecule has 0 N–H and O–H groups in total. The van der Waals surface area contributed by atoms with Crippen LogP contribution in [0.5, 0.6) is 0 Å². The van der Waals surface area contributed by atoms with Crippen molar-refractivity contribution in [1.29, 1.82) is 0 Å². The number of hydrogen-bond acceptors (Lipinski definition) is 2. The Morgan fingerprint density at radius 1 is 1.12 bits per heavy atom. The van der Waals surface area contributed by atoms with Gasteiger partial charge in [0.2, 0.25) is 0 Å². The first-order chi connectivity index (χ1) is 11.7. The molecule has 1 atom stereocenters. The minimum Gasteiger partial charge on any atom is -0.468 e. The molecule has 0 spiro atoms. The number of fused-ring (bicyclic) bond motifs is 1. The molecule has 1 heterocycles. The van der Waals surface area contributed by atoms with Crippen molar-refractivity contribution in [3.05, 3.63) is 71.4 Å². The van der Waals surface area contributed by atoms with Crippen LogP contribution in [0.4, 0.5) is 0 Å². The molecule has 0 saturated heterocycles. The number of rotatable bonds is 6. The molecule has 0 aliphatic carbocycles. The van der Waals surface area contributed by atoms with Crippen LogP contribution in [0.15, 0.2) is 65.8 Å². The molecule has 2 aromatic carbocycles. The minimum atomic E-state index is 0.259. The van der Waals surface area contributed by atoms with Crippen molar-refractivity contribution in [2.75, 3.05) is 7.11 Å². The fourth-order valence-electron chi connectivity index (χ4n) is 3.38. The summed E-state index contributed by atoms with van der Waals surface area (Å²) in [4.78, 5) is 0. The van der Waals surface area contributed by atoms with Gasteiger partial charge >= 0.3 is 0 Å². The first kappa shape index (κ1) is 16.6. The number of benzene rings is 2. The Balaban J connectivity index is 1.91. The van der Waals surface area contributed by atoms with Gasteiger partial charge in [0.15, 0.2) is 0 Å². The number of ether oxygens (including phenoxy) is 2. The SMILES string of the molecule is CCCCC1=CCC(C(C)c2cccc3ccccc23)=C(OC)O1. The summed E-state index contributed by atoms with van der Waals surface area (Å²) in [6.45, 7) is 4.44. The fourth-order valence-corrected chi connectivity index (χ4v) is 3.38. The Bertz CT molecular complexity index is 765. The zero-order chi connectivity index (χ0) is 16.9. The summed E-state index contributed by atoms with van der Waals surface area (Å²) >= 11 is 0. The number of methoxy groups -OCH3 is 1. The molecule has 2 aromatic rings. The summed E-state index contributed by atoms with van der Waals surface area (Å²) < 4.78 is 11.6. The van der Waals surface area contributed by atoms with Gasteiger partial charge < -0.3 is 9.47 Å². The highest BCUT2D eigenvalue weighted by atomic mass is 16.7. The molecule has 2 heteroatoms. The smallest absolute Gasteiger partial charge is 0.284 e. The second-order valence-electron chi connectivity index (χ2n) is 6.39. The molecule has 2 nitrogen and oxygen atoms in total. The van der Waals surface area contributed by atoms with E-state index >= 15 is 0 Å². The van der Waals surface area contributed by atoms with Crippen LogP contribution in [-0.2, 0) is 9.47 Å². The molecular formula is C22H26O2. The van der Waals surface area contributed by atoms with Crippen molar-refractivity contribution in [3.63, 3.8) is 0 Å². The Kier molecular flexibility index (Phi) is 5.24. The summed E-state index contributed by atoms with van der Waals surface area (Å²) in [7, 11) is 1.70. The highest BCUT2D eigenvalue weighted by molar-refractivity contribution is 5.86. The van der Waals surface area contributed by atoms with Crippen LogP contribution in [0.1, 0.15) is 51.0 Å². The molecule has 1 aliphatic rings. The predicted octanol–water partition coefficient (Wildman–Crippen LogP) is 6.30.